The van der Waals surface area contributed by atoms with Gasteiger partial charge in [0.05, 0.1) is 0 Å². The fraction of sp³-hybridized carbons (Fsp3) is 0.0667. The molecule has 0 fully saturated rings. The lowest BCUT2D eigenvalue weighted by atomic mass is 10.2. The van der Waals surface area contributed by atoms with Crippen LogP contribution in [0.1, 0.15) is 16.7 Å². The van der Waals surface area contributed by atoms with E-state index in [1.165, 1.54) is 60.2 Å². The zero-order valence-corrected chi connectivity index (χ0v) is 30.7. The molecule has 0 bridgehead atoms. The Kier molecular flexibility index (Phi) is 21.8. The molecule has 0 aliphatic carbocycles. The molecule has 0 unspecified atom stereocenters. The molecule has 7 aromatic carbocycles. The molecule has 288 valence electrons. The highest BCUT2D eigenvalue weighted by Gasteiger charge is 1.91. The molecule has 0 saturated carbocycles. The van der Waals surface area contributed by atoms with Crippen LogP contribution in [0.15, 0.2) is 176 Å². The van der Waals surface area contributed by atoms with Crippen LogP contribution in [0.3, 0.4) is 0 Å². The molecule has 10 nitrogen and oxygen atoms in total. The maximum atomic E-state index is 8.92. The first kappa shape index (κ1) is 45.6. The Morgan fingerprint density at radius 3 is 0.818 bits per heavy atom. The third-order valence-electron chi connectivity index (χ3n) is 6.47. The second-order valence-electron chi connectivity index (χ2n) is 11.3. The molecule has 10 heteroatoms. The molecule has 0 atom stereocenters. The standard InChI is InChI=1S/3C7H8O.3C6H6O2.C6H6O/c1-6-2-4-7(8)5-3-6;1-6-3-2-4-7(8)5-6;1-6-4-2-3-5-7(6)8;7-5-1-2-6(8)4-3-5;7-5-2-1-3-6(8)4-5;7-5-3-1-2-4-6(5)8;7-6-4-2-1-3-5-6/h3*2-5,8H,1H3;3*1-4,7-8H;1-5,7H. The van der Waals surface area contributed by atoms with Gasteiger partial charge >= 0.3 is 0 Å². The molecular weight excluding hydrogens is 700 g/mol. The maximum Gasteiger partial charge on any atom is 0.157 e. The first-order valence-electron chi connectivity index (χ1n) is 16.6. The van der Waals surface area contributed by atoms with Crippen LogP contribution in [0.5, 0.6) is 57.5 Å². The van der Waals surface area contributed by atoms with Crippen LogP contribution in [-0.4, -0.2) is 51.1 Å². The number of aromatic hydroxyl groups is 10. The first-order valence-corrected chi connectivity index (χ1v) is 16.6. The Hall–Kier alpha value is -7.46. The van der Waals surface area contributed by atoms with Gasteiger partial charge in [0.1, 0.15) is 46.0 Å². The van der Waals surface area contributed by atoms with E-state index in [0.717, 1.165) is 11.1 Å². The number of hydrogen-bond acceptors (Lipinski definition) is 10. The number of phenols is 10. The Morgan fingerprint density at radius 1 is 0.236 bits per heavy atom. The van der Waals surface area contributed by atoms with E-state index < -0.39 is 0 Å². The van der Waals surface area contributed by atoms with E-state index in [1.54, 1.807) is 72.8 Å². The Labute approximate surface area is 321 Å². The van der Waals surface area contributed by atoms with Gasteiger partial charge in [-0.2, -0.15) is 0 Å². The number of aryl methyl sites for hydroxylation is 3. The van der Waals surface area contributed by atoms with Gasteiger partial charge in [-0.25, -0.2) is 0 Å². The van der Waals surface area contributed by atoms with Crippen LogP contribution in [0, 0.1) is 20.8 Å². The largest absolute Gasteiger partial charge is 0.508 e. The van der Waals surface area contributed by atoms with Crippen molar-refractivity contribution >= 4 is 0 Å². The number of para-hydroxylation sites is 4. The molecule has 7 rings (SSSR count). The normalized spacial score (nSPS) is 9.00. The molecule has 0 radical (unpaired) electrons. The molecule has 0 aromatic heterocycles. The van der Waals surface area contributed by atoms with E-state index in [4.69, 9.17) is 51.1 Å². The minimum Gasteiger partial charge on any atom is -0.508 e. The minimum absolute atomic E-state index is 0.0764. The molecule has 10 N–H and O–H groups in total. The van der Waals surface area contributed by atoms with Gasteiger partial charge in [-0.3, -0.25) is 0 Å². The molecular formula is C45H48O10. The zero-order chi connectivity index (χ0) is 41.0. The highest BCUT2D eigenvalue weighted by Crippen LogP contribution is 2.21. The summed E-state index contributed by atoms with van der Waals surface area (Å²) >= 11 is 0. The lowest BCUT2D eigenvalue weighted by Crippen LogP contribution is -1.68. The van der Waals surface area contributed by atoms with Crippen LogP contribution < -0.4 is 0 Å². The van der Waals surface area contributed by atoms with E-state index >= 15 is 0 Å². The van der Waals surface area contributed by atoms with Gasteiger partial charge in [0.15, 0.2) is 11.5 Å². The lowest BCUT2D eigenvalue weighted by molar-refractivity contribution is 0.404. The van der Waals surface area contributed by atoms with Gasteiger partial charge in [-0.05, 0) is 123 Å². The third kappa shape index (κ3) is 23.6. The molecule has 0 aliphatic rings. The summed E-state index contributed by atoms with van der Waals surface area (Å²) in [7, 11) is 0. The van der Waals surface area contributed by atoms with Crippen LogP contribution in [-0.2, 0) is 0 Å². The van der Waals surface area contributed by atoms with Crippen molar-refractivity contribution in [2.75, 3.05) is 0 Å². The topological polar surface area (TPSA) is 202 Å². The van der Waals surface area contributed by atoms with Crippen LogP contribution >= 0.6 is 0 Å². The maximum absolute atomic E-state index is 8.92. The van der Waals surface area contributed by atoms with E-state index in [2.05, 4.69) is 0 Å². The van der Waals surface area contributed by atoms with Crippen molar-refractivity contribution in [3.05, 3.63) is 193 Å². The van der Waals surface area contributed by atoms with Crippen molar-refractivity contribution in [2.24, 2.45) is 0 Å². The average molecular weight is 749 g/mol. The highest BCUT2D eigenvalue weighted by atomic mass is 16.3. The van der Waals surface area contributed by atoms with Crippen molar-refractivity contribution in [3.63, 3.8) is 0 Å². The Morgan fingerprint density at radius 2 is 0.564 bits per heavy atom. The smallest absolute Gasteiger partial charge is 0.157 e. The van der Waals surface area contributed by atoms with E-state index in [9.17, 15) is 0 Å². The van der Waals surface area contributed by atoms with E-state index in [-0.39, 0.29) is 34.5 Å². The summed E-state index contributed by atoms with van der Waals surface area (Å²) in [5.74, 6) is 1.72. The summed E-state index contributed by atoms with van der Waals surface area (Å²) in [6.07, 6.45) is 0. The summed E-state index contributed by atoms with van der Waals surface area (Å²) in [5.41, 5.74) is 3.18. The highest BCUT2D eigenvalue weighted by molar-refractivity contribution is 5.36. The van der Waals surface area contributed by atoms with Gasteiger partial charge in [0, 0.05) is 6.07 Å². The van der Waals surface area contributed by atoms with Crippen LogP contribution in [0.2, 0.25) is 0 Å². The van der Waals surface area contributed by atoms with Gasteiger partial charge in [-0.1, -0.05) is 84.4 Å². The third-order valence-corrected chi connectivity index (χ3v) is 6.47. The monoisotopic (exact) mass is 748 g/mol. The average Bonchev–Trinajstić information content (AvgIpc) is 3.15. The zero-order valence-electron chi connectivity index (χ0n) is 30.7. The molecule has 0 aliphatic heterocycles. The van der Waals surface area contributed by atoms with E-state index in [0.29, 0.717) is 23.0 Å². The number of rotatable bonds is 0. The fourth-order valence-electron chi connectivity index (χ4n) is 3.57. The molecule has 0 heterocycles. The fourth-order valence-corrected chi connectivity index (χ4v) is 3.57. The molecule has 55 heavy (non-hydrogen) atoms. The SMILES string of the molecule is Cc1ccc(O)cc1.Cc1cccc(O)c1.Cc1ccccc1O.Oc1ccc(O)cc1.Oc1cccc(O)c1.Oc1ccccc1.Oc1ccccc1O. The summed E-state index contributed by atoms with van der Waals surface area (Å²) < 4.78 is 0. The van der Waals surface area contributed by atoms with Crippen molar-refractivity contribution in [1.82, 2.24) is 0 Å². The van der Waals surface area contributed by atoms with E-state index in [1.807, 2.05) is 69.3 Å². The van der Waals surface area contributed by atoms with Crippen molar-refractivity contribution in [3.8, 4) is 57.5 Å². The second-order valence-corrected chi connectivity index (χ2v) is 11.3. The van der Waals surface area contributed by atoms with Gasteiger partial charge in [0.2, 0.25) is 0 Å². The van der Waals surface area contributed by atoms with Gasteiger partial charge < -0.3 is 51.1 Å². The number of phenolic OH excluding ortho intramolecular Hbond substituents is 10. The van der Waals surface area contributed by atoms with Crippen molar-refractivity contribution in [1.29, 1.82) is 0 Å². The Bertz CT molecular complexity index is 1780. The summed E-state index contributed by atoms with van der Waals surface area (Å²) in [6.45, 7) is 5.80. The second kappa shape index (κ2) is 26.3. The van der Waals surface area contributed by atoms with Crippen LogP contribution in [0.4, 0.5) is 0 Å². The molecule has 7 aromatic rings. The summed E-state index contributed by atoms with van der Waals surface area (Å²) in [6, 6.07) is 47.9. The van der Waals surface area contributed by atoms with Crippen molar-refractivity contribution < 1.29 is 51.1 Å². The summed E-state index contributed by atoms with van der Waals surface area (Å²) in [5, 5.41) is 87.1. The van der Waals surface area contributed by atoms with Gasteiger partial charge in [0.25, 0.3) is 0 Å². The number of benzene rings is 7. The quantitative estimate of drug-likeness (QED) is 0.0525. The first-order chi connectivity index (χ1) is 26.2. The minimum atomic E-state index is -0.0764. The predicted octanol–water partition coefficient (Wildman–Crippen LogP) is 9.79. The number of hydrogen-bond donors (Lipinski definition) is 10. The lowest BCUT2D eigenvalue weighted by Gasteiger charge is -1.92. The Balaban J connectivity index is 0.000000321. The summed E-state index contributed by atoms with van der Waals surface area (Å²) in [4.78, 5) is 0. The molecule has 0 spiro atoms. The van der Waals surface area contributed by atoms with Crippen LogP contribution in [0.25, 0.3) is 0 Å². The van der Waals surface area contributed by atoms with Crippen molar-refractivity contribution in [2.45, 2.75) is 20.8 Å². The predicted molar refractivity (Wildman–Crippen MR) is 216 cm³/mol. The molecule has 0 amide bonds. The molecule has 0 saturated heterocycles. The van der Waals surface area contributed by atoms with Gasteiger partial charge in [-0.15, -0.1) is 0 Å².